The smallest absolute Gasteiger partial charge is 0.257 e. The summed E-state index contributed by atoms with van der Waals surface area (Å²) in [5, 5.41) is 13.3. The molecule has 0 unspecified atom stereocenters. The van der Waals surface area contributed by atoms with E-state index in [2.05, 4.69) is 36.8 Å². The molecule has 1 heterocycles. The van der Waals surface area contributed by atoms with E-state index in [1.807, 2.05) is 6.07 Å². The minimum absolute atomic E-state index is 0.252. The molecule has 0 aliphatic rings. The van der Waals surface area contributed by atoms with E-state index in [-0.39, 0.29) is 11.8 Å². The summed E-state index contributed by atoms with van der Waals surface area (Å²) in [6, 6.07) is 13.7. The molecule has 0 atom stereocenters. The lowest BCUT2D eigenvalue weighted by molar-refractivity contribution is 0.101. The molecule has 0 saturated carbocycles. The van der Waals surface area contributed by atoms with Crippen LogP contribution >= 0.6 is 27.3 Å². The number of hydrogen-bond acceptors (Lipinski definition) is 5. The number of aromatic nitrogens is 2. The molecule has 24 heavy (non-hydrogen) atoms. The minimum atomic E-state index is -0.315. The van der Waals surface area contributed by atoms with Crippen molar-refractivity contribution >= 4 is 49.9 Å². The van der Waals surface area contributed by atoms with Crippen LogP contribution in [0, 0.1) is 0 Å². The Bertz CT molecular complexity index is 883. The van der Waals surface area contributed by atoms with Crippen molar-refractivity contribution in [3.8, 4) is 0 Å². The van der Waals surface area contributed by atoms with Crippen molar-refractivity contribution in [3.63, 3.8) is 0 Å². The molecule has 3 rings (SSSR count). The topological polar surface area (TPSA) is 84.0 Å². The first-order chi connectivity index (χ1) is 11.6. The summed E-state index contributed by atoms with van der Waals surface area (Å²) in [5.41, 5.74) is 3.00. The number of benzene rings is 2. The van der Waals surface area contributed by atoms with Gasteiger partial charge in [-0.3, -0.25) is 14.9 Å². The number of hydrogen-bond donors (Lipinski definition) is 2. The van der Waals surface area contributed by atoms with Gasteiger partial charge < -0.3 is 5.32 Å². The molecule has 0 aliphatic heterocycles. The maximum atomic E-state index is 12.3. The molecule has 0 spiro atoms. The fraction of sp³-hybridized carbons (Fsp3) is 0. The number of carbonyl (C=O) groups excluding carboxylic acids is 2. The molecule has 1 aromatic heterocycles. The zero-order valence-electron chi connectivity index (χ0n) is 12.2. The van der Waals surface area contributed by atoms with Crippen LogP contribution in [0.3, 0.4) is 0 Å². The van der Waals surface area contributed by atoms with Crippen LogP contribution in [0.15, 0.2) is 58.5 Å². The third kappa shape index (κ3) is 4.03. The summed E-state index contributed by atoms with van der Waals surface area (Å²) in [7, 11) is 0. The Morgan fingerprint density at radius 2 is 1.67 bits per heavy atom. The van der Waals surface area contributed by atoms with E-state index in [0.717, 1.165) is 4.47 Å². The average Bonchev–Trinajstić information content (AvgIpc) is 3.08. The molecule has 2 aromatic carbocycles. The van der Waals surface area contributed by atoms with Crippen LogP contribution in [0.4, 0.5) is 10.8 Å². The second kappa shape index (κ2) is 7.33. The average molecular weight is 403 g/mol. The van der Waals surface area contributed by atoms with Gasteiger partial charge in [0.1, 0.15) is 5.51 Å². The van der Waals surface area contributed by atoms with Gasteiger partial charge in [0, 0.05) is 21.3 Å². The summed E-state index contributed by atoms with van der Waals surface area (Å²) in [4.78, 5) is 24.4. The Morgan fingerprint density at radius 3 is 2.38 bits per heavy atom. The van der Waals surface area contributed by atoms with Crippen LogP contribution in [-0.4, -0.2) is 22.0 Å². The highest BCUT2D eigenvalue weighted by molar-refractivity contribution is 9.10. The van der Waals surface area contributed by atoms with Crippen molar-refractivity contribution in [1.29, 1.82) is 0 Å². The van der Waals surface area contributed by atoms with E-state index in [1.165, 1.54) is 16.8 Å². The van der Waals surface area contributed by atoms with E-state index < -0.39 is 0 Å². The third-order valence-electron chi connectivity index (χ3n) is 3.05. The van der Waals surface area contributed by atoms with Gasteiger partial charge in [0.05, 0.1) is 0 Å². The van der Waals surface area contributed by atoms with Gasteiger partial charge in [0.25, 0.3) is 11.8 Å². The van der Waals surface area contributed by atoms with Crippen molar-refractivity contribution in [1.82, 2.24) is 10.2 Å². The van der Waals surface area contributed by atoms with Crippen LogP contribution in [0.1, 0.15) is 20.7 Å². The predicted molar refractivity (Wildman–Crippen MR) is 96.4 cm³/mol. The highest BCUT2D eigenvalue weighted by Crippen LogP contribution is 2.17. The fourth-order valence-corrected chi connectivity index (χ4v) is 2.81. The zero-order chi connectivity index (χ0) is 16.9. The van der Waals surface area contributed by atoms with Crippen LogP contribution in [0.5, 0.6) is 0 Å². The molecule has 6 nitrogen and oxygen atoms in total. The third-order valence-corrected chi connectivity index (χ3v) is 4.15. The first kappa shape index (κ1) is 16.3. The first-order valence-corrected chi connectivity index (χ1v) is 8.53. The molecule has 0 saturated heterocycles. The summed E-state index contributed by atoms with van der Waals surface area (Å²) < 4.78 is 0.820. The van der Waals surface area contributed by atoms with E-state index in [4.69, 9.17) is 0 Å². The Morgan fingerprint density at radius 1 is 0.958 bits per heavy atom. The second-order valence-corrected chi connectivity index (χ2v) is 6.49. The quantitative estimate of drug-likeness (QED) is 0.694. The molecule has 3 aromatic rings. The molecular weight excluding hydrogens is 392 g/mol. The van der Waals surface area contributed by atoms with Gasteiger partial charge in [0.2, 0.25) is 5.13 Å². The number of anilines is 2. The molecule has 0 aliphatic carbocycles. The number of rotatable bonds is 4. The van der Waals surface area contributed by atoms with Gasteiger partial charge in [-0.05, 0) is 36.4 Å². The standard InChI is InChI=1S/C16H11BrN4O2S/c17-12-5-1-3-10(7-12)14(22)19-13-6-2-4-11(8-13)15(23)20-16-21-18-9-24-16/h1-9H,(H,19,22)(H,20,21,23). The van der Waals surface area contributed by atoms with Gasteiger partial charge >= 0.3 is 0 Å². The van der Waals surface area contributed by atoms with E-state index in [0.29, 0.717) is 21.9 Å². The molecule has 2 amide bonds. The number of halogens is 1. The van der Waals surface area contributed by atoms with Crippen LogP contribution in [0.2, 0.25) is 0 Å². The van der Waals surface area contributed by atoms with Gasteiger partial charge in [0.15, 0.2) is 0 Å². The second-order valence-electron chi connectivity index (χ2n) is 4.74. The Labute approximate surface area is 150 Å². The molecule has 2 N–H and O–H groups in total. The molecule has 120 valence electrons. The molecule has 0 bridgehead atoms. The van der Waals surface area contributed by atoms with Crippen LogP contribution in [-0.2, 0) is 0 Å². The minimum Gasteiger partial charge on any atom is -0.322 e. The first-order valence-electron chi connectivity index (χ1n) is 6.86. The largest absolute Gasteiger partial charge is 0.322 e. The summed E-state index contributed by atoms with van der Waals surface area (Å²) in [6.07, 6.45) is 0. The monoisotopic (exact) mass is 402 g/mol. The number of amides is 2. The highest BCUT2D eigenvalue weighted by Gasteiger charge is 2.11. The fourth-order valence-electron chi connectivity index (χ4n) is 1.97. The van der Waals surface area contributed by atoms with Crippen LogP contribution in [0.25, 0.3) is 0 Å². The van der Waals surface area contributed by atoms with Crippen molar-refractivity contribution in [2.75, 3.05) is 10.6 Å². The maximum Gasteiger partial charge on any atom is 0.257 e. The number of nitrogens with zero attached hydrogens (tertiary/aromatic N) is 2. The Hall–Kier alpha value is -2.58. The van der Waals surface area contributed by atoms with E-state index in [9.17, 15) is 9.59 Å². The lowest BCUT2D eigenvalue weighted by Crippen LogP contribution is -2.14. The Kier molecular flexibility index (Phi) is 4.97. The van der Waals surface area contributed by atoms with Crippen molar-refractivity contribution in [3.05, 3.63) is 69.6 Å². The normalized spacial score (nSPS) is 10.2. The van der Waals surface area contributed by atoms with E-state index in [1.54, 1.807) is 42.5 Å². The molecule has 8 heteroatoms. The van der Waals surface area contributed by atoms with Crippen molar-refractivity contribution < 1.29 is 9.59 Å². The van der Waals surface area contributed by atoms with Crippen LogP contribution < -0.4 is 10.6 Å². The zero-order valence-corrected chi connectivity index (χ0v) is 14.6. The summed E-state index contributed by atoms with van der Waals surface area (Å²) >= 11 is 4.56. The summed E-state index contributed by atoms with van der Waals surface area (Å²) in [5.74, 6) is -0.566. The van der Waals surface area contributed by atoms with E-state index >= 15 is 0 Å². The van der Waals surface area contributed by atoms with Crippen molar-refractivity contribution in [2.24, 2.45) is 0 Å². The molecule has 0 radical (unpaired) electrons. The lowest BCUT2D eigenvalue weighted by Gasteiger charge is -2.07. The lowest BCUT2D eigenvalue weighted by atomic mass is 10.1. The highest BCUT2D eigenvalue weighted by atomic mass is 79.9. The van der Waals surface area contributed by atoms with Crippen molar-refractivity contribution in [2.45, 2.75) is 0 Å². The number of carbonyl (C=O) groups is 2. The molecule has 0 fully saturated rings. The number of nitrogens with one attached hydrogen (secondary N) is 2. The predicted octanol–water partition coefficient (Wildman–Crippen LogP) is 3.81. The molecular formula is C16H11BrN4O2S. The Balaban J connectivity index is 1.73. The summed E-state index contributed by atoms with van der Waals surface area (Å²) in [6.45, 7) is 0. The maximum absolute atomic E-state index is 12.3. The van der Waals surface area contributed by atoms with Gasteiger partial charge in [-0.2, -0.15) is 0 Å². The van der Waals surface area contributed by atoms with Gasteiger partial charge in [-0.25, -0.2) is 0 Å². The SMILES string of the molecule is O=C(Nc1cccc(C(=O)Nc2nncs2)c1)c1cccc(Br)c1. The van der Waals surface area contributed by atoms with Gasteiger partial charge in [-0.15, -0.1) is 10.2 Å². The van der Waals surface area contributed by atoms with Gasteiger partial charge in [-0.1, -0.05) is 39.4 Å².